The summed E-state index contributed by atoms with van der Waals surface area (Å²) >= 11 is 0. The van der Waals surface area contributed by atoms with E-state index in [9.17, 15) is 0 Å². The third-order valence-corrected chi connectivity index (χ3v) is 13.2. The van der Waals surface area contributed by atoms with Crippen molar-refractivity contribution in [1.29, 1.82) is 0 Å². The molecule has 426 valence electrons. The molecule has 0 aliphatic heterocycles. The smallest absolute Gasteiger partial charge is 0.0386 e. The zero-order valence-corrected chi connectivity index (χ0v) is 54.4. The molecule has 0 unspecified atom stereocenters. The quantitative estimate of drug-likeness (QED) is 0.151. The van der Waals surface area contributed by atoms with Gasteiger partial charge < -0.3 is 0 Å². The Hall–Kier alpha value is -2.34. The van der Waals surface area contributed by atoms with E-state index in [0.29, 0.717) is 0 Å². The summed E-state index contributed by atoms with van der Waals surface area (Å²) in [5, 5.41) is 0. The van der Waals surface area contributed by atoms with Crippen molar-refractivity contribution in [2.24, 2.45) is 82.9 Å². The summed E-state index contributed by atoms with van der Waals surface area (Å²) in [6.45, 7) is 58.9. The van der Waals surface area contributed by atoms with Gasteiger partial charge in [-0.25, -0.2) is 0 Å². The molecule has 3 aromatic carbocycles. The van der Waals surface area contributed by atoms with E-state index < -0.39 is 0 Å². The van der Waals surface area contributed by atoms with Crippen molar-refractivity contribution in [3.63, 3.8) is 0 Å². The first-order valence-corrected chi connectivity index (χ1v) is 30.8. The predicted octanol–water partition coefficient (Wildman–Crippen LogP) is 25.6. The van der Waals surface area contributed by atoms with Gasteiger partial charge in [0, 0.05) is 0 Å². The SMILES string of the molecule is CC(C)C1CC(C(C)C)C1.CC(C)CC1CC(C(C)C)C1.CCC(C)C.CCC(C)C.CCC(C)C.CCCC(C)C.CCCC(C)C.CCCC(C)C.c1ccccc1.c1ccccc1.c1ccccc1. The largest absolute Gasteiger partial charge is 0.0654 e. The van der Waals surface area contributed by atoms with E-state index in [-0.39, 0.29) is 0 Å². The topological polar surface area (TPSA) is 0 Å². The van der Waals surface area contributed by atoms with Gasteiger partial charge in [-0.2, -0.15) is 0 Å². The summed E-state index contributed by atoms with van der Waals surface area (Å²) in [6, 6.07) is 36.0. The van der Waals surface area contributed by atoms with Crippen molar-refractivity contribution < 1.29 is 0 Å². The summed E-state index contributed by atoms with van der Waals surface area (Å²) in [6.07, 6.45) is 19.5. The Morgan fingerprint density at radius 1 is 0.250 bits per heavy atom. The van der Waals surface area contributed by atoms with Crippen LogP contribution in [0.25, 0.3) is 0 Å². The molecule has 3 aromatic rings. The molecule has 72 heavy (non-hydrogen) atoms. The van der Waals surface area contributed by atoms with Crippen molar-refractivity contribution in [2.45, 2.75) is 270 Å². The highest BCUT2D eigenvalue weighted by molar-refractivity contribution is 5.00. The fraction of sp³-hybridized carbons (Fsp3) is 0.750. The van der Waals surface area contributed by atoms with Gasteiger partial charge in [0.2, 0.25) is 0 Å². The molecule has 0 amide bonds. The van der Waals surface area contributed by atoms with Crippen molar-refractivity contribution >= 4 is 0 Å². The molecular weight excluding hydrogens is 865 g/mol. The molecule has 2 aliphatic carbocycles. The van der Waals surface area contributed by atoms with Gasteiger partial charge in [-0.3, -0.25) is 0 Å². The Balaban J connectivity index is -0.000000168. The van der Waals surface area contributed by atoms with Crippen molar-refractivity contribution in [1.82, 2.24) is 0 Å². The lowest BCUT2D eigenvalue weighted by Gasteiger charge is -2.40. The van der Waals surface area contributed by atoms with Crippen LogP contribution in [0.15, 0.2) is 109 Å². The van der Waals surface area contributed by atoms with Crippen LogP contribution in [-0.4, -0.2) is 0 Å². The highest BCUT2D eigenvalue weighted by atomic mass is 14.4. The number of hydrogen-bond acceptors (Lipinski definition) is 0. The van der Waals surface area contributed by atoms with Gasteiger partial charge in [0.25, 0.3) is 0 Å². The van der Waals surface area contributed by atoms with Crippen LogP contribution in [0, 0.1) is 82.9 Å². The van der Waals surface area contributed by atoms with Gasteiger partial charge in [0.1, 0.15) is 0 Å². The summed E-state index contributed by atoms with van der Waals surface area (Å²) in [5.74, 6) is 13.3. The Morgan fingerprint density at radius 3 is 0.514 bits per heavy atom. The lowest BCUT2D eigenvalue weighted by molar-refractivity contribution is 0.102. The van der Waals surface area contributed by atoms with Crippen molar-refractivity contribution in [2.75, 3.05) is 0 Å². The van der Waals surface area contributed by atoms with Gasteiger partial charge in [0.05, 0.1) is 0 Å². The van der Waals surface area contributed by atoms with E-state index in [0.717, 1.165) is 82.9 Å². The van der Waals surface area contributed by atoms with Gasteiger partial charge in [-0.15, -0.1) is 0 Å². The van der Waals surface area contributed by atoms with Gasteiger partial charge in [-0.1, -0.05) is 347 Å². The lowest BCUT2D eigenvalue weighted by atomic mass is 9.65. The van der Waals surface area contributed by atoms with Gasteiger partial charge >= 0.3 is 0 Å². The molecule has 5 rings (SSSR count). The highest BCUT2D eigenvalue weighted by Gasteiger charge is 2.32. The molecule has 0 heteroatoms. The van der Waals surface area contributed by atoms with E-state index in [1.807, 2.05) is 109 Å². The van der Waals surface area contributed by atoms with Crippen LogP contribution in [0.2, 0.25) is 0 Å². The Morgan fingerprint density at radius 2 is 0.417 bits per heavy atom. The first-order chi connectivity index (χ1) is 33.8. The number of rotatable bonds is 14. The Labute approximate surface area is 459 Å². The van der Waals surface area contributed by atoms with Crippen LogP contribution in [0.4, 0.5) is 0 Å². The van der Waals surface area contributed by atoms with Crippen LogP contribution in [-0.2, 0) is 0 Å². The average Bonchev–Trinajstić information content (AvgIpc) is 3.30. The summed E-state index contributed by atoms with van der Waals surface area (Å²) < 4.78 is 0. The average molecular weight is 1000 g/mol. The van der Waals surface area contributed by atoms with Gasteiger partial charge in [0.15, 0.2) is 0 Å². The molecule has 0 saturated heterocycles. The van der Waals surface area contributed by atoms with Crippen LogP contribution in [0.3, 0.4) is 0 Å². The zero-order chi connectivity index (χ0) is 56.7. The maximum Gasteiger partial charge on any atom is -0.0386 e. The predicted molar refractivity (Wildman–Crippen MR) is 340 cm³/mol. The van der Waals surface area contributed by atoms with Crippen LogP contribution in [0.5, 0.6) is 0 Å². The number of benzene rings is 3. The normalized spacial score (nSPS) is 15.8. The van der Waals surface area contributed by atoms with Crippen molar-refractivity contribution in [3.8, 4) is 0 Å². The third kappa shape index (κ3) is 76.6. The van der Waals surface area contributed by atoms with Crippen LogP contribution < -0.4 is 0 Å². The van der Waals surface area contributed by atoms with Crippen molar-refractivity contribution in [3.05, 3.63) is 109 Å². The monoisotopic (exact) mass is 1000 g/mol. The molecule has 0 atom stereocenters. The third-order valence-electron chi connectivity index (χ3n) is 13.2. The van der Waals surface area contributed by atoms with Crippen LogP contribution >= 0.6 is 0 Å². The lowest BCUT2D eigenvalue weighted by Crippen LogP contribution is -2.30. The molecule has 0 radical (unpaired) electrons. The second-order valence-corrected chi connectivity index (χ2v) is 24.9. The minimum absolute atomic E-state index is 0.884. The summed E-state index contributed by atoms with van der Waals surface area (Å²) in [5.41, 5.74) is 0. The molecule has 0 bridgehead atoms. The van der Waals surface area contributed by atoms with Gasteiger partial charge in [-0.05, 0) is 115 Å². The minimum atomic E-state index is 0.884. The first-order valence-electron chi connectivity index (χ1n) is 30.8. The molecule has 0 aromatic heterocycles. The molecule has 2 saturated carbocycles. The molecule has 0 nitrogen and oxygen atoms in total. The highest BCUT2D eigenvalue weighted by Crippen LogP contribution is 2.43. The van der Waals surface area contributed by atoms with Crippen LogP contribution in [0.1, 0.15) is 270 Å². The van der Waals surface area contributed by atoms with E-state index in [1.54, 1.807) is 0 Å². The second-order valence-electron chi connectivity index (χ2n) is 24.9. The summed E-state index contributed by atoms with van der Waals surface area (Å²) in [4.78, 5) is 0. The fourth-order valence-corrected chi connectivity index (χ4v) is 6.87. The molecule has 2 aliphatic rings. The van der Waals surface area contributed by atoms with E-state index in [1.165, 1.54) is 89.9 Å². The molecular formula is C72H138. The van der Waals surface area contributed by atoms with E-state index in [2.05, 4.69) is 180 Å². The summed E-state index contributed by atoms with van der Waals surface area (Å²) in [7, 11) is 0. The first kappa shape index (κ1) is 81.0. The standard InChI is InChI=1S/C11H22.C10H20.3C6H6.3C6H14.3C5H12/c1-8(2)5-10-6-11(7-10)9(3)4;1-7(2)9-5-10(6-9)8(3)4;3*1-2-4-6-5-3-1;3*1-4-5-6(2)3;3*1-4-5(2)3/h8-11H,5-7H2,1-4H3;7-10H,5-6H2,1-4H3;3*1-6H;3*6H,4-5H2,1-3H3;3*5H,4H2,1-3H3. The molecule has 0 N–H and O–H groups in total. The molecule has 0 spiro atoms. The Kier molecular flexibility index (Phi) is 68.9. The van der Waals surface area contributed by atoms with E-state index >= 15 is 0 Å². The maximum atomic E-state index is 2.36. The Bertz CT molecular complexity index is 1060. The minimum Gasteiger partial charge on any atom is -0.0654 e. The number of hydrogen-bond donors (Lipinski definition) is 0. The molecule has 0 heterocycles. The maximum absolute atomic E-state index is 2.36. The second kappa shape index (κ2) is 61.2. The molecule has 2 fully saturated rings. The zero-order valence-electron chi connectivity index (χ0n) is 54.4. The van der Waals surface area contributed by atoms with E-state index in [4.69, 9.17) is 0 Å². The fourth-order valence-electron chi connectivity index (χ4n) is 6.87.